The Balaban J connectivity index is 2.29. The van der Waals surface area contributed by atoms with Crippen molar-refractivity contribution in [2.24, 2.45) is 17.0 Å². The van der Waals surface area contributed by atoms with Crippen molar-refractivity contribution in [3.8, 4) is 0 Å². The van der Waals surface area contributed by atoms with Gasteiger partial charge in [-0.25, -0.2) is 26.3 Å². The minimum Gasteiger partial charge on any atom is -0.225 e. The Kier molecular flexibility index (Phi) is 3.94. The molecule has 1 aliphatic rings. The molecular weight excluding hydrogens is 300 g/mol. The Bertz CT molecular complexity index is 713. The fraction of sp³-hybridized carbons (Fsp3) is 0.500. The van der Waals surface area contributed by atoms with Crippen LogP contribution in [0, 0.1) is 11.8 Å². The highest BCUT2D eigenvalue weighted by molar-refractivity contribution is 7.90. The van der Waals surface area contributed by atoms with Crippen LogP contribution in [0.5, 0.6) is 0 Å². The molecule has 0 aromatic heterocycles. The maximum absolute atomic E-state index is 12.4. The molecule has 112 valence electrons. The third kappa shape index (κ3) is 3.20. The number of benzene rings is 1. The number of rotatable bonds is 5. The molecule has 1 fully saturated rings. The molecule has 0 bridgehead atoms. The summed E-state index contributed by atoms with van der Waals surface area (Å²) in [6, 6.07) is 5.12. The Morgan fingerprint density at radius 3 is 2.30 bits per heavy atom. The number of sulfonamides is 2. The molecule has 1 aromatic carbocycles. The van der Waals surface area contributed by atoms with Gasteiger partial charge >= 0.3 is 0 Å². The van der Waals surface area contributed by atoms with E-state index in [1.54, 1.807) is 0 Å². The third-order valence-corrected chi connectivity index (χ3v) is 6.34. The number of nitrogens with zero attached hydrogens (tertiary/aromatic N) is 1. The van der Waals surface area contributed by atoms with E-state index in [0.29, 0.717) is 18.4 Å². The minimum absolute atomic E-state index is 0.0557. The minimum atomic E-state index is -3.91. The van der Waals surface area contributed by atoms with Gasteiger partial charge in [-0.15, -0.1) is 0 Å². The lowest BCUT2D eigenvalue weighted by Gasteiger charge is -2.17. The van der Waals surface area contributed by atoms with Crippen molar-refractivity contribution in [2.45, 2.75) is 23.1 Å². The molecule has 0 aliphatic heterocycles. The first-order chi connectivity index (χ1) is 9.12. The number of primary sulfonamides is 1. The molecule has 1 saturated carbocycles. The molecule has 2 atom stereocenters. The van der Waals surface area contributed by atoms with Crippen molar-refractivity contribution >= 4 is 20.0 Å². The average Bonchev–Trinajstić information content (AvgIpc) is 3.04. The molecule has 2 rings (SSSR count). The predicted molar refractivity (Wildman–Crippen MR) is 74.9 cm³/mol. The van der Waals surface area contributed by atoms with Gasteiger partial charge in [0.05, 0.1) is 9.79 Å². The van der Waals surface area contributed by atoms with Crippen LogP contribution in [0.4, 0.5) is 0 Å². The maximum Gasteiger partial charge on any atom is 0.242 e. The average molecular weight is 318 g/mol. The second kappa shape index (κ2) is 5.10. The van der Waals surface area contributed by atoms with Gasteiger partial charge in [-0.1, -0.05) is 13.0 Å². The summed E-state index contributed by atoms with van der Waals surface area (Å²) in [5.74, 6) is 0.930. The predicted octanol–water partition coefficient (Wildman–Crippen LogP) is 0.611. The van der Waals surface area contributed by atoms with Crippen molar-refractivity contribution < 1.29 is 16.8 Å². The molecule has 8 heteroatoms. The lowest BCUT2D eigenvalue weighted by molar-refractivity contribution is 0.444. The van der Waals surface area contributed by atoms with E-state index in [-0.39, 0.29) is 9.79 Å². The van der Waals surface area contributed by atoms with Crippen molar-refractivity contribution in [1.82, 2.24) is 4.31 Å². The first-order valence-corrected chi connectivity index (χ1v) is 9.20. The van der Waals surface area contributed by atoms with Crippen molar-refractivity contribution in [2.75, 3.05) is 13.6 Å². The van der Waals surface area contributed by atoms with E-state index in [1.165, 1.54) is 29.6 Å². The zero-order valence-electron chi connectivity index (χ0n) is 11.4. The highest BCUT2D eigenvalue weighted by Crippen LogP contribution is 2.38. The van der Waals surface area contributed by atoms with Crippen molar-refractivity contribution in [3.05, 3.63) is 24.3 Å². The van der Waals surface area contributed by atoms with Gasteiger partial charge < -0.3 is 0 Å². The Morgan fingerprint density at radius 2 is 1.80 bits per heavy atom. The quantitative estimate of drug-likeness (QED) is 0.860. The molecule has 6 nitrogen and oxygen atoms in total. The number of hydrogen-bond donors (Lipinski definition) is 1. The molecule has 0 heterocycles. The van der Waals surface area contributed by atoms with Crippen LogP contribution in [0.2, 0.25) is 0 Å². The lowest BCUT2D eigenvalue weighted by atomic mass is 10.3. The van der Waals surface area contributed by atoms with Gasteiger partial charge in [-0.05, 0) is 36.5 Å². The largest absolute Gasteiger partial charge is 0.242 e. The van der Waals surface area contributed by atoms with E-state index in [2.05, 4.69) is 6.92 Å². The molecule has 2 N–H and O–H groups in total. The van der Waals surface area contributed by atoms with Crippen LogP contribution in [-0.4, -0.2) is 34.7 Å². The van der Waals surface area contributed by atoms with Gasteiger partial charge in [-0.2, -0.15) is 0 Å². The molecule has 1 aromatic rings. The second-order valence-electron chi connectivity index (χ2n) is 5.28. The lowest BCUT2D eigenvalue weighted by Crippen LogP contribution is -2.29. The Hall–Kier alpha value is -0.960. The van der Waals surface area contributed by atoms with Crippen molar-refractivity contribution in [3.63, 3.8) is 0 Å². The normalized spacial score (nSPS) is 23.0. The number of nitrogens with two attached hydrogens (primary N) is 1. The van der Waals surface area contributed by atoms with Crippen LogP contribution in [0.15, 0.2) is 34.1 Å². The van der Waals surface area contributed by atoms with Gasteiger partial charge in [0.2, 0.25) is 20.0 Å². The summed E-state index contributed by atoms with van der Waals surface area (Å²) < 4.78 is 48.6. The third-order valence-electron chi connectivity index (χ3n) is 3.61. The Morgan fingerprint density at radius 1 is 1.25 bits per heavy atom. The van der Waals surface area contributed by atoms with Gasteiger partial charge in [0.1, 0.15) is 0 Å². The smallest absolute Gasteiger partial charge is 0.225 e. The SMILES string of the molecule is CC1CC1CN(C)S(=O)(=O)c1cccc(S(N)(=O)=O)c1. The zero-order chi connectivity index (χ0) is 15.1. The van der Waals surface area contributed by atoms with Gasteiger partial charge in [0, 0.05) is 13.6 Å². The highest BCUT2D eigenvalue weighted by atomic mass is 32.2. The molecular formula is C12H18N2O4S2. The van der Waals surface area contributed by atoms with Crippen molar-refractivity contribution in [1.29, 1.82) is 0 Å². The molecule has 20 heavy (non-hydrogen) atoms. The van der Waals surface area contributed by atoms with Crippen LogP contribution < -0.4 is 5.14 Å². The Labute approximate surface area is 119 Å². The zero-order valence-corrected chi connectivity index (χ0v) is 13.0. The van der Waals surface area contributed by atoms with Gasteiger partial charge in [0.15, 0.2) is 0 Å². The topological polar surface area (TPSA) is 97.5 Å². The highest BCUT2D eigenvalue weighted by Gasteiger charge is 2.36. The van der Waals surface area contributed by atoms with Crippen LogP contribution in [0.1, 0.15) is 13.3 Å². The summed E-state index contributed by atoms with van der Waals surface area (Å²) in [4.78, 5) is -0.258. The molecule has 0 spiro atoms. The second-order valence-corrected chi connectivity index (χ2v) is 8.88. The van der Waals surface area contributed by atoms with E-state index in [1.807, 2.05) is 0 Å². The van der Waals surface area contributed by atoms with E-state index in [0.717, 1.165) is 12.5 Å². The van der Waals surface area contributed by atoms with Crippen LogP contribution in [-0.2, 0) is 20.0 Å². The monoisotopic (exact) mass is 318 g/mol. The molecule has 2 unspecified atom stereocenters. The van der Waals surface area contributed by atoms with E-state index in [9.17, 15) is 16.8 Å². The van der Waals surface area contributed by atoms with E-state index in [4.69, 9.17) is 5.14 Å². The molecule has 0 saturated heterocycles. The molecule has 0 radical (unpaired) electrons. The fourth-order valence-corrected chi connectivity index (χ4v) is 3.98. The van der Waals surface area contributed by atoms with Gasteiger partial charge in [0.25, 0.3) is 0 Å². The fourth-order valence-electron chi connectivity index (χ4n) is 2.07. The van der Waals surface area contributed by atoms with Gasteiger partial charge in [-0.3, -0.25) is 0 Å². The van der Waals surface area contributed by atoms with Crippen LogP contribution >= 0.6 is 0 Å². The summed E-state index contributed by atoms with van der Waals surface area (Å²) in [5.41, 5.74) is 0. The standard InChI is InChI=1S/C12H18N2O4S2/c1-9-6-10(9)8-14(2)20(17,18)12-5-3-4-11(7-12)19(13,15)16/h3-5,7,9-10H,6,8H2,1-2H3,(H2,13,15,16). The first-order valence-electron chi connectivity index (χ1n) is 6.21. The summed E-state index contributed by atoms with van der Waals surface area (Å²) in [6.45, 7) is 2.52. The first kappa shape index (κ1) is 15.4. The van der Waals surface area contributed by atoms with E-state index < -0.39 is 20.0 Å². The summed E-state index contributed by atoms with van der Waals surface area (Å²) in [6.07, 6.45) is 1.02. The van der Waals surface area contributed by atoms with E-state index >= 15 is 0 Å². The number of hydrogen-bond acceptors (Lipinski definition) is 4. The van der Waals surface area contributed by atoms with Crippen LogP contribution in [0.3, 0.4) is 0 Å². The van der Waals surface area contributed by atoms with Crippen LogP contribution in [0.25, 0.3) is 0 Å². The molecule has 1 aliphatic carbocycles. The summed E-state index contributed by atoms with van der Waals surface area (Å²) in [5, 5.41) is 5.02. The molecule has 0 amide bonds. The summed E-state index contributed by atoms with van der Waals surface area (Å²) >= 11 is 0. The summed E-state index contributed by atoms with van der Waals surface area (Å²) in [7, 11) is -6.10. The maximum atomic E-state index is 12.4.